The topological polar surface area (TPSA) is 80.1 Å². The van der Waals surface area contributed by atoms with E-state index < -0.39 is 0 Å². The van der Waals surface area contributed by atoms with Crippen LogP contribution in [0.2, 0.25) is 5.15 Å². The van der Waals surface area contributed by atoms with E-state index in [0.717, 1.165) is 11.3 Å². The van der Waals surface area contributed by atoms with Crippen LogP contribution in [0.3, 0.4) is 0 Å². The molecule has 0 aliphatic carbocycles. The Balaban J connectivity index is 1.46. The van der Waals surface area contributed by atoms with Gasteiger partial charge in [0, 0.05) is 24.8 Å². The average molecular weight is 396 g/mol. The molecule has 0 bridgehead atoms. The molecule has 0 atom stereocenters. The minimum Gasteiger partial charge on any atom is -0.348 e. The third-order valence-corrected chi connectivity index (χ3v) is 4.89. The number of pyridine rings is 1. The molecule has 1 aliphatic heterocycles. The van der Waals surface area contributed by atoms with Gasteiger partial charge in [0.15, 0.2) is 0 Å². The Labute approximate surface area is 166 Å². The lowest BCUT2D eigenvalue weighted by Gasteiger charge is -2.28. The zero-order chi connectivity index (χ0) is 19.5. The Morgan fingerprint density at radius 1 is 1.07 bits per heavy atom. The molecular weight excluding hydrogens is 378 g/mol. The largest absolute Gasteiger partial charge is 0.348 e. The summed E-state index contributed by atoms with van der Waals surface area (Å²) in [7, 11) is 0. The van der Waals surface area contributed by atoms with Crippen molar-refractivity contribution in [3.63, 3.8) is 0 Å². The number of nitrogens with zero attached hydrogens (tertiary/aromatic N) is 4. The van der Waals surface area contributed by atoms with Crippen molar-refractivity contribution < 1.29 is 9.59 Å². The van der Waals surface area contributed by atoms with Crippen molar-refractivity contribution in [1.82, 2.24) is 25.0 Å². The molecule has 1 aliphatic rings. The van der Waals surface area contributed by atoms with Crippen molar-refractivity contribution in [3.05, 3.63) is 82.4 Å². The van der Waals surface area contributed by atoms with Crippen LogP contribution in [-0.4, -0.2) is 38.0 Å². The van der Waals surface area contributed by atoms with Crippen molar-refractivity contribution >= 4 is 23.4 Å². The van der Waals surface area contributed by atoms with Crippen LogP contribution in [0.1, 0.15) is 32.0 Å². The minimum atomic E-state index is -0.231. The number of halogens is 1. The van der Waals surface area contributed by atoms with Gasteiger partial charge in [-0.1, -0.05) is 35.9 Å². The molecule has 28 heavy (non-hydrogen) atoms. The highest BCUT2D eigenvalue weighted by Gasteiger charge is 2.26. The molecule has 0 saturated heterocycles. The quantitative estimate of drug-likeness (QED) is 0.688. The van der Waals surface area contributed by atoms with Crippen LogP contribution in [0.25, 0.3) is 0 Å². The second-order valence-electron chi connectivity index (χ2n) is 6.49. The summed E-state index contributed by atoms with van der Waals surface area (Å²) in [5, 5.41) is 7.57. The van der Waals surface area contributed by atoms with Crippen LogP contribution >= 0.6 is 11.6 Å². The maximum absolute atomic E-state index is 12.7. The molecule has 1 aromatic carbocycles. The van der Waals surface area contributed by atoms with Gasteiger partial charge in [-0.15, -0.1) is 0 Å². The van der Waals surface area contributed by atoms with Gasteiger partial charge in [0.1, 0.15) is 5.15 Å². The molecule has 1 N–H and O–H groups in total. The summed E-state index contributed by atoms with van der Waals surface area (Å²) in [6, 6.07) is 12.6. The van der Waals surface area contributed by atoms with Crippen molar-refractivity contribution in [3.8, 4) is 0 Å². The Hall–Kier alpha value is -3.19. The van der Waals surface area contributed by atoms with Gasteiger partial charge >= 0.3 is 0 Å². The fourth-order valence-electron chi connectivity index (χ4n) is 3.16. The minimum absolute atomic E-state index is 0.0494. The van der Waals surface area contributed by atoms with Crippen LogP contribution in [0.4, 0.5) is 0 Å². The third kappa shape index (κ3) is 3.75. The molecule has 0 saturated carbocycles. The van der Waals surface area contributed by atoms with E-state index in [1.165, 1.54) is 0 Å². The van der Waals surface area contributed by atoms with Crippen LogP contribution in [0.5, 0.6) is 0 Å². The summed E-state index contributed by atoms with van der Waals surface area (Å²) in [6.45, 7) is 1.79. The molecule has 4 rings (SSSR count). The highest BCUT2D eigenvalue weighted by molar-refractivity contribution is 6.29. The van der Waals surface area contributed by atoms with Crippen molar-refractivity contribution in [1.29, 1.82) is 0 Å². The highest BCUT2D eigenvalue weighted by atomic mass is 35.5. The highest BCUT2D eigenvalue weighted by Crippen LogP contribution is 2.19. The van der Waals surface area contributed by atoms with Crippen molar-refractivity contribution in [2.75, 3.05) is 6.54 Å². The van der Waals surface area contributed by atoms with Gasteiger partial charge in [-0.25, -0.2) is 4.98 Å². The second kappa shape index (κ2) is 7.82. The van der Waals surface area contributed by atoms with Gasteiger partial charge in [0.2, 0.25) is 0 Å². The standard InChI is InChI=1S/C20H18ClN5O2/c21-18-7-6-14(10-22-18)11-23-19(27)16-12-24-26-9-8-25(13-17(16)26)20(28)15-4-2-1-3-5-15/h1-7,10,12H,8-9,11,13H2,(H,23,27). The van der Waals surface area contributed by atoms with Gasteiger partial charge in [0.25, 0.3) is 11.8 Å². The predicted octanol–water partition coefficient (Wildman–Crippen LogP) is 2.52. The molecule has 0 spiro atoms. The van der Waals surface area contributed by atoms with Crippen molar-refractivity contribution in [2.24, 2.45) is 0 Å². The van der Waals surface area contributed by atoms with E-state index in [1.54, 1.807) is 40.2 Å². The summed E-state index contributed by atoms with van der Waals surface area (Å²) in [5.41, 5.74) is 2.70. The maximum Gasteiger partial charge on any atom is 0.255 e. The number of rotatable bonds is 4. The molecule has 3 aromatic rings. The molecule has 0 fully saturated rings. The molecule has 2 aromatic heterocycles. The lowest BCUT2D eigenvalue weighted by molar-refractivity contribution is 0.0702. The maximum atomic E-state index is 12.7. The first-order chi connectivity index (χ1) is 13.6. The Bertz CT molecular complexity index is 1000. The van der Waals surface area contributed by atoms with Crippen LogP contribution in [0, 0.1) is 0 Å². The molecule has 7 nitrogen and oxygen atoms in total. The first-order valence-corrected chi connectivity index (χ1v) is 9.27. The summed E-state index contributed by atoms with van der Waals surface area (Å²) >= 11 is 5.78. The van der Waals surface area contributed by atoms with Gasteiger partial charge in [-0.05, 0) is 23.8 Å². The summed E-state index contributed by atoms with van der Waals surface area (Å²) in [4.78, 5) is 31.1. The molecule has 8 heteroatoms. The van der Waals surface area contributed by atoms with Crippen LogP contribution in [0.15, 0.2) is 54.9 Å². The zero-order valence-corrected chi connectivity index (χ0v) is 15.8. The van der Waals surface area contributed by atoms with Gasteiger partial charge < -0.3 is 10.2 Å². The fourth-order valence-corrected chi connectivity index (χ4v) is 3.27. The monoisotopic (exact) mass is 395 g/mol. The average Bonchev–Trinajstić information content (AvgIpc) is 3.16. The van der Waals surface area contributed by atoms with Crippen LogP contribution < -0.4 is 5.32 Å². The number of carbonyl (C=O) groups is 2. The third-order valence-electron chi connectivity index (χ3n) is 4.67. The smallest absolute Gasteiger partial charge is 0.255 e. The van der Waals surface area contributed by atoms with E-state index in [1.807, 2.05) is 24.3 Å². The van der Waals surface area contributed by atoms with E-state index in [0.29, 0.717) is 42.5 Å². The molecule has 0 unspecified atom stereocenters. The number of benzene rings is 1. The molecule has 3 heterocycles. The first kappa shape index (κ1) is 18.2. The lowest BCUT2D eigenvalue weighted by atomic mass is 10.1. The number of amides is 2. The Morgan fingerprint density at radius 3 is 2.64 bits per heavy atom. The number of hydrogen-bond acceptors (Lipinski definition) is 4. The molecular formula is C20H18ClN5O2. The van der Waals surface area contributed by atoms with Crippen LogP contribution in [-0.2, 0) is 19.6 Å². The molecule has 142 valence electrons. The number of aromatic nitrogens is 3. The lowest BCUT2D eigenvalue weighted by Crippen LogP contribution is -2.39. The van der Waals surface area contributed by atoms with E-state index in [-0.39, 0.29) is 11.8 Å². The van der Waals surface area contributed by atoms with E-state index in [2.05, 4.69) is 15.4 Å². The van der Waals surface area contributed by atoms with Crippen molar-refractivity contribution in [2.45, 2.75) is 19.6 Å². The summed E-state index contributed by atoms with van der Waals surface area (Å²) in [6.07, 6.45) is 3.18. The predicted molar refractivity (Wildman–Crippen MR) is 104 cm³/mol. The molecule has 2 amide bonds. The SMILES string of the molecule is O=C(NCc1ccc(Cl)nc1)c1cnn2c1CN(C(=O)c1ccccc1)CC2. The number of hydrogen-bond donors (Lipinski definition) is 1. The van der Waals surface area contributed by atoms with E-state index in [9.17, 15) is 9.59 Å². The second-order valence-corrected chi connectivity index (χ2v) is 6.88. The van der Waals surface area contributed by atoms with Gasteiger partial charge in [-0.2, -0.15) is 5.10 Å². The van der Waals surface area contributed by atoms with Gasteiger partial charge in [-0.3, -0.25) is 14.3 Å². The first-order valence-electron chi connectivity index (χ1n) is 8.89. The number of fused-ring (bicyclic) bond motifs is 1. The van der Waals surface area contributed by atoms with Gasteiger partial charge in [0.05, 0.1) is 30.5 Å². The normalized spacial score (nSPS) is 13.1. The Kier molecular flexibility index (Phi) is 5.08. The summed E-state index contributed by atoms with van der Waals surface area (Å²) < 4.78 is 1.79. The zero-order valence-electron chi connectivity index (χ0n) is 15.0. The molecule has 0 radical (unpaired) electrons. The number of carbonyl (C=O) groups excluding carboxylic acids is 2. The summed E-state index contributed by atoms with van der Waals surface area (Å²) in [5.74, 6) is -0.281. The van der Waals surface area contributed by atoms with E-state index >= 15 is 0 Å². The fraction of sp³-hybridized carbons (Fsp3) is 0.200. The van der Waals surface area contributed by atoms with E-state index in [4.69, 9.17) is 11.6 Å². The number of nitrogens with one attached hydrogen (secondary N) is 1. The Morgan fingerprint density at radius 2 is 1.89 bits per heavy atom.